The van der Waals surface area contributed by atoms with Crippen molar-refractivity contribution in [2.24, 2.45) is 5.92 Å². The van der Waals surface area contributed by atoms with Gasteiger partial charge in [0, 0.05) is 0 Å². The van der Waals surface area contributed by atoms with Crippen LogP contribution in [-0.4, -0.2) is 25.2 Å². The van der Waals surface area contributed by atoms with Crippen LogP contribution in [0.25, 0.3) is 16.6 Å². The largest absolute Gasteiger partial charge is 0.391 e. The van der Waals surface area contributed by atoms with E-state index in [1.165, 1.54) is 19.3 Å². The molecule has 0 aliphatic heterocycles. The maximum atomic E-state index is 12.9. The predicted octanol–water partition coefficient (Wildman–Crippen LogP) is 2.59. The second-order valence-corrected chi connectivity index (χ2v) is 6.52. The molecule has 0 amide bonds. The second-order valence-electron chi connectivity index (χ2n) is 6.52. The van der Waals surface area contributed by atoms with E-state index in [1.807, 2.05) is 28.7 Å². The third-order valence-electron chi connectivity index (χ3n) is 5.10. The Balaban J connectivity index is 1.80. The van der Waals surface area contributed by atoms with E-state index in [2.05, 4.69) is 4.98 Å². The summed E-state index contributed by atoms with van der Waals surface area (Å²) in [6, 6.07) is 7.55. The molecule has 4 rings (SSSR count). The van der Waals surface area contributed by atoms with E-state index >= 15 is 0 Å². The van der Waals surface area contributed by atoms with Crippen LogP contribution in [0.3, 0.4) is 0 Å². The van der Waals surface area contributed by atoms with Crippen molar-refractivity contribution in [3.8, 4) is 0 Å². The fraction of sp³-hybridized carbons (Fsp3) is 0.444. The SMILES string of the molecule is O=c1c2ccccc2n2cncc2n1CC(O)C1CCCCC1. The molecule has 1 aliphatic carbocycles. The Morgan fingerprint density at radius 1 is 1.22 bits per heavy atom. The Morgan fingerprint density at radius 2 is 2.00 bits per heavy atom. The van der Waals surface area contributed by atoms with Gasteiger partial charge in [-0.2, -0.15) is 0 Å². The summed E-state index contributed by atoms with van der Waals surface area (Å²) in [4.78, 5) is 17.1. The summed E-state index contributed by atoms with van der Waals surface area (Å²) < 4.78 is 3.60. The van der Waals surface area contributed by atoms with Gasteiger partial charge in [-0.25, -0.2) is 4.98 Å². The molecule has 5 heteroatoms. The molecule has 23 heavy (non-hydrogen) atoms. The number of benzene rings is 1. The van der Waals surface area contributed by atoms with Crippen LogP contribution in [-0.2, 0) is 6.54 Å². The van der Waals surface area contributed by atoms with Gasteiger partial charge in [0.1, 0.15) is 12.0 Å². The number of aromatic nitrogens is 3. The molecule has 5 nitrogen and oxygen atoms in total. The van der Waals surface area contributed by atoms with E-state index in [0.717, 1.165) is 24.0 Å². The molecule has 0 spiro atoms. The highest BCUT2D eigenvalue weighted by Crippen LogP contribution is 2.27. The van der Waals surface area contributed by atoms with Gasteiger partial charge in [-0.15, -0.1) is 0 Å². The fourth-order valence-electron chi connectivity index (χ4n) is 3.82. The van der Waals surface area contributed by atoms with Gasteiger partial charge >= 0.3 is 0 Å². The molecular weight excluding hydrogens is 290 g/mol. The molecule has 1 aromatic carbocycles. The van der Waals surface area contributed by atoms with E-state index in [-0.39, 0.29) is 5.56 Å². The average molecular weight is 311 g/mol. The summed E-state index contributed by atoms with van der Waals surface area (Å²) in [7, 11) is 0. The summed E-state index contributed by atoms with van der Waals surface area (Å²) >= 11 is 0. The van der Waals surface area contributed by atoms with Crippen molar-refractivity contribution in [2.75, 3.05) is 0 Å². The lowest BCUT2D eigenvalue weighted by atomic mass is 9.85. The van der Waals surface area contributed by atoms with Gasteiger partial charge in [-0.05, 0) is 30.9 Å². The van der Waals surface area contributed by atoms with Crippen molar-refractivity contribution in [2.45, 2.75) is 44.8 Å². The summed E-state index contributed by atoms with van der Waals surface area (Å²) in [5, 5.41) is 11.3. The highest BCUT2D eigenvalue weighted by molar-refractivity contribution is 5.80. The summed E-state index contributed by atoms with van der Waals surface area (Å²) in [5.74, 6) is 0.296. The van der Waals surface area contributed by atoms with Crippen molar-refractivity contribution in [1.82, 2.24) is 14.0 Å². The molecule has 0 radical (unpaired) electrons. The van der Waals surface area contributed by atoms with Gasteiger partial charge in [0.2, 0.25) is 0 Å². The topological polar surface area (TPSA) is 59.5 Å². The maximum Gasteiger partial charge on any atom is 0.261 e. The maximum absolute atomic E-state index is 12.9. The van der Waals surface area contributed by atoms with Crippen molar-refractivity contribution >= 4 is 16.6 Å². The van der Waals surface area contributed by atoms with E-state index in [0.29, 0.717) is 17.8 Å². The second kappa shape index (κ2) is 5.81. The minimum Gasteiger partial charge on any atom is -0.391 e. The molecule has 120 valence electrons. The van der Waals surface area contributed by atoms with Gasteiger partial charge in [0.05, 0.1) is 29.7 Å². The molecule has 0 bridgehead atoms. The van der Waals surface area contributed by atoms with Crippen molar-refractivity contribution in [3.05, 3.63) is 47.1 Å². The fourth-order valence-corrected chi connectivity index (χ4v) is 3.82. The van der Waals surface area contributed by atoms with Crippen LogP contribution in [0.1, 0.15) is 32.1 Å². The zero-order valence-electron chi connectivity index (χ0n) is 13.1. The standard InChI is InChI=1S/C18H21N3O2/c22-16(13-6-2-1-3-7-13)11-20-17-10-19-12-21(17)15-9-5-4-8-14(15)18(20)23/h4-5,8-10,12-13,16,22H,1-3,6-7,11H2. The lowest BCUT2D eigenvalue weighted by Gasteiger charge is -2.27. The van der Waals surface area contributed by atoms with Crippen LogP contribution in [0.4, 0.5) is 0 Å². The first kappa shape index (κ1) is 14.5. The zero-order chi connectivity index (χ0) is 15.8. The Hall–Kier alpha value is -2.14. The van der Waals surface area contributed by atoms with Gasteiger partial charge in [0.25, 0.3) is 5.56 Å². The summed E-state index contributed by atoms with van der Waals surface area (Å²) in [6.45, 7) is 0.337. The van der Waals surface area contributed by atoms with Gasteiger partial charge in [-0.1, -0.05) is 31.4 Å². The van der Waals surface area contributed by atoms with Gasteiger partial charge in [-0.3, -0.25) is 13.8 Å². The monoisotopic (exact) mass is 311 g/mol. The first-order chi connectivity index (χ1) is 11.3. The first-order valence-corrected chi connectivity index (χ1v) is 8.37. The Morgan fingerprint density at radius 3 is 2.83 bits per heavy atom. The van der Waals surface area contributed by atoms with E-state index < -0.39 is 6.10 Å². The number of fused-ring (bicyclic) bond motifs is 3. The van der Waals surface area contributed by atoms with E-state index in [1.54, 1.807) is 17.1 Å². The van der Waals surface area contributed by atoms with Crippen molar-refractivity contribution in [3.63, 3.8) is 0 Å². The molecule has 1 N–H and O–H groups in total. The van der Waals surface area contributed by atoms with E-state index in [4.69, 9.17) is 0 Å². The lowest BCUT2D eigenvalue weighted by Crippen LogP contribution is -2.33. The molecule has 1 fully saturated rings. The Labute approximate surface area is 134 Å². The van der Waals surface area contributed by atoms with Crippen LogP contribution in [0.2, 0.25) is 0 Å². The number of rotatable bonds is 3. The number of hydrogen-bond acceptors (Lipinski definition) is 3. The molecule has 1 atom stereocenters. The molecule has 2 aromatic heterocycles. The van der Waals surface area contributed by atoms with Gasteiger partial charge < -0.3 is 5.11 Å². The number of para-hydroxylation sites is 1. The number of nitrogens with zero attached hydrogens (tertiary/aromatic N) is 3. The Kier molecular flexibility index (Phi) is 3.65. The van der Waals surface area contributed by atoms with Crippen LogP contribution < -0.4 is 5.56 Å². The van der Waals surface area contributed by atoms with Crippen LogP contribution in [0.15, 0.2) is 41.6 Å². The molecule has 1 aliphatic rings. The molecule has 2 heterocycles. The molecule has 1 saturated carbocycles. The number of aliphatic hydroxyl groups is 1. The zero-order valence-corrected chi connectivity index (χ0v) is 13.1. The predicted molar refractivity (Wildman–Crippen MR) is 89.5 cm³/mol. The number of imidazole rings is 1. The molecule has 0 saturated heterocycles. The van der Waals surface area contributed by atoms with Crippen molar-refractivity contribution < 1.29 is 5.11 Å². The third-order valence-corrected chi connectivity index (χ3v) is 5.10. The molecular formula is C18H21N3O2. The molecule has 3 aromatic rings. The van der Waals surface area contributed by atoms with Crippen LogP contribution in [0.5, 0.6) is 0 Å². The summed E-state index contributed by atoms with van der Waals surface area (Å²) in [5.41, 5.74) is 1.54. The van der Waals surface area contributed by atoms with E-state index in [9.17, 15) is 9.90 Å². The highest BCUT2D eigenvalue weighted by Gasteiger charge is 2.23. The quantitative estimate of drug-likeness (QED) is 0.809. The minimum absolute atomic E-state index is 0.0524. The molecule has 1 unspecified atom stereocenters. The van der Waals surface area contributed by atoms with Crippen LogP contribution in [0, 0.1) is 5.92 Å². The minimum atomic E-state index is -0.479. The Bertz CT molecular complexity index is 890. The number of aliphatic hydroxyl groups excluding tert-OH is 1. The van der Waals surface area contributed by atoms with Crippen LogP contribution >= 0.6 is 0 Å². The summed E-state index contributed by atoms with van der Waals surface area (Å²) in [6.07, 6.45) is 8.66. The number of hydrogen-bond donors (Lipinski definition) is 1. The lowest BCUT2D eigenvalue weighted by molar-refractivity contribution is 0.0697. The van der Waals surface area contributed by atoms with Crippen molar-refractivity contribution in [1.29, 1.82) is 0 Å². The highest BCUT2D eigenvalue weighted by atomic mass is 16.3. The average Bonchev–Trinajstić information content (AvgIpc) is 3.09. The third kappa shape index (κ3) is 2.45. The first-order valence-electron chi connectivity index (χ1n) is 8.37. The normalized spacial score (nSPS) is 17.8. The van der Waals surface area contributed by atoms with Gasteiger partial charge in [0.15, 0.2) is 0 Å². The smallest absolute Gasteiger partial charge is 0.261 e.